The van der Waals surface area contributed by atoms with Crippen molar-refractivity contribution in [1.29, 1.82) is 0 Å². The zero-order valence-electron chi connectivity index (χ0n) is 24.1. The lowest BCUT2D eigenvalue weighted by molar-refractivity contribution is -0.0427. The Balaban J connectivity index is 1.31. The van der Waals surface area contributed by atoms with E-state index in [1.165, 1.54) is 30.6 Å². The number of hydrogen-bond acceptors (Lipinski definition) is 14. The van der Waals surface area contributed by atoms with E-state index in [9.17, 15) is 14.0 Å². The first-order valence-electron chi connectivity index (χ1n) is 13.4. The van der Waals surface area contributed by atoms with Crippen LogP contribution in [0.3, 0.4) is 0 Å². The van der Waals surface area contributed by atoms with Crippen molar-refractivity contribution in [3.8, 4) is 0 Å². The summed E-state index contributed by atoms with van der Waals surface area (Å²) < 4.78 is 71.9. The van der Waals surface area contributed by atoms with E-state index in [2.05, 4.69) is 67.7 Å². The second-order valence-corrected chi connectivity index (χ2v) is 15.7. The Morgan fingerprint density at radius 2 is 1.93 bits per heavy atom. The Morgan fingerprint density at radius 3 is 2.61 bits per heavy atom. The predicted octanol–water partition coefficient (Wildman–Crippen LogP) is 2.78. The van der Waals surface area contributed by atoms with Crippen molar-refractivity contribution in [2.75, 3.05) is 26.0 Å². The molecule has 0 aromatic carbocycles. The molecule has 2 aliphatic heterocycles. The average Bonchev–Trinajstić information content (AvgIpc) is 3.79. The number of nitrogen functional groups attached to an aromatic ring is 1. The van der Waals surface area contributed by atoms with Crippen molar-refractivity contribution in [2.45, 2.75) is 43.4 Å². The smallest absolute Gasteiger partial charge is 0.382 e. The molecule has 5 heterocycles. The van der Waals surface area contributed by atoms with E-state index in [1.807, 2.05) is 0 Å². The maximum atomic E-state index is 16.0. The number of amidine groups is 1. The number of anilines is 1. The molecule has 0 saturated carbocycles. The molecular formula is C23H31FN10O8P2S2. The van der Waals surface area contributed by atoms with Gasteiger partial charge in [-0.2, -0.15) is 0 Å². The Kier molecular flexibility index (Phi) is 10.4. The van der Waals surface area contributed by atoms with E-state index >= 15 is 4.39 Å². The lowest BCUT2D eigenvalue weighted by atomic mass is 10.0. The van der Waals surface area contributed by atoms with Crippen LogP contribution in [0, 0.1) is 5.92 Å². The monoisotopic (exact) mass is 720 g/mol. The second kappa shape index (κ2) is 13.8. The van der Waals surface area contributed by atoms with Crippen molar-refractivity contribution in [3.05, 3.63) is 37.3 Å². The fraction of sp³-hybridized carbons (Fsp3) is 0.478. The highest BCUT2D eigenvalue weighted by Crippen LogP contribution is 2.57. The van der Waals surface area contributed by atoms with Gasteiger partial charge in [0.05, 0.1) is 32.0 Å². The quantitative estimate of drug-likeness (QED) is 0.0561. The molecule has 0 bridgehead atoms. The molecule has 2 aliphatic rings. The van der Waals surface area contributed by atoms with E-state index in [4.69, 9.17) is 34.5 Å². The van der Waals surface area contributed by atoms with Crippen LogP contribution < -0.4 is 11.5 Å². The third kappa shape index (κ3) is 7.23. The summed E-state index contributed by atoms with van der Waals surface area (Å²) in [4.78, 5) is 33.8. The number of alkyl halides is 1. The molecule has 3 aromatic heterocycles. The van der Waals surface area contributed by atoms with Gasteiger partial charge >= 0.3 is 13.6 Å². The second-order valence-electron chi connectivity index (χ2n) is 10.1. The fourth-order valence-electron chi connectivity index (χ4n) is 5.12. The van der Waals surface area contributed by atoms with Gasteiger partial charge < -0.3 is 25.8 Å². The summed E-state index contributed by atoms with van der Waals surface area (Å²) in [5.41, 5.74) is 12.7. The predicted molar refractivity (Wildman–Crippen MR) is 171 cm³/mol. The van der Waals surface area contributed by atoms with Gasteiger partial charge in [0.1, 0.15) is 41.8 Å². The average molecular weight is 721 g/mol. The third-order valence-corrected chi connectivity index (χ3v) is 9.67. The summed E-state index contributed by atoms with van der Waals surface area (Å²) in [6.45, 7) is -2.26. The minimum absolute atomic E-state index is 0.000446. The van der Waals surface area contributed by atoms with Crippen molar-refractivity contribution < 1.29 is 41.5 Å². The topological polar surface area (TPSA) is 239 Å². The van der Waals surface area contributed by atoms with Crippen LogP contribution in [0.2, 0.25) is 0 Å². The molecule has 5 N–H and O–H groups in total. The molecule has 23 heteroatoms. The first-order chi connectivity index (χ1) is 21.8. The first kappa shape index (κ1) is 34.6. The van der Waals surface area contributed by atoms with Crippen LogP contribution >= 0.6 is 38.1 Å². The summed E-state index contributed by atoms with van der Waals surface area (Å²) in [6.07, 6.45) is -1.74. The standard InChI is InChI=1S/C23H31FN10O8P2S2/c1-4-11-5-12(40-22(11)34-10-32-16-19(26)29-8-30-21(16)34)6-39-44(37,46)42-17-13(7-38-43(35,36)45)41-23(14(17)24)33-9-31-15(18(25)27-2)20(33)28-3/h4,8-14,17,22-23H,1,3,5-7H2,2H3,(H2,25,27)(H,37,46)(H2,26,29,30)(H2,35,36,45)/t11-,12+,13?,14-,17-,22-,23-,44?/m1/s1. The maximum absolute atomic E-state index is 16.0. The summed E-state index contributed by atoms with van der Waals surface area (Å²) in [5.74, 6) is 0.00464. The third-order valence-electron chi connectivity index (χ3n) is 7.22. The fourth-order valence-corrected chi connectivity index (χ4v) is 7.16. The first-order valence-corrected chi connectivity index (χ1v) is 18.8. The van der Waals surface area contributed by atoms with Gasteiger partial charge in [0.25, 0.3) is 0 Å². The van der Waals surface area contributed by atoms with Gasteiger partial charge in [-0.05, 0) is 13.1 Å². The number of nitrogens with two attached hydrogens (primary N) is 2. The number of ether oxygens (including phenoxy) is 2. The summed E-state index contributed by atoms with van der Waals surface area (Å²) in [5, 5.41) is 0. The molecule has 3 aromatic rings. The molecule has 2 saturated heterocycles. The highest BCUT2D eigenvalue weighted by molar-refractivity contribution is 8.44. The molecule has 250 valence electrons. The molecule has 0 radical (unpaired) electrons. The van der Waals surface area contributed by atoms with Gasteiger partial charge in [0.15, 0.2) is 29.7 Å². The van der Waals surface area contributed by atoms with Gasteiger partial charge in [-0.15, -0.1) is 6.58 Å². The van der Waals surface area contributed by atoms with Crippen LogP contribution in [-0.2, 0) is 32.2 Å². The number of aliphatic imine (C=N–C) groups is 2. The molecule has 2 fully saturated rings. The lowest BCUT2D eigenvalue weighted by Crippen LogP contribution is -2.33. The number of halogens is 1. The molecule has 0 amide bonds. The van der Waals surface area contributed by atoms with Crippen LogP contribution in [0.1, 0.15) is 24.6 Å². The Hall–Kier alpha value is -2.71. The minimum Gasteiger partial charge on any atom is -0.382 e. The largest absolute Gasteiger partial charge is 0.386 e. The van der Waals surface area contributed by atoms with Crippen LogP contribution in [0.25, 0.3) is 11.2 Å². The van der Waals surface area contributed by atoms with Crippen LogP contribution in [0.15, 0.2) is 41.6 Å². The zero-order chi connectivity index (χ0) is 33.4. The molecule has 9 atom stereocenters. The van der Waals surface area contributed by atoms with E-state index in [0.717, 1.165) is 0 Å². The summed E-state index contributed by atoms with van der Waals surface area (Å²) in [7, 11) is 1.43. The van der Waals surface area contributed by atoms with Gasteiger partial charge in [-0.3, -0.25) is 27.7 Å². The summed E-state index contributed by atoms with van der Waals surface area (Å²) in [6, 6.07) is 0. The zero-order valence-corrected chi connectivity index (χ0v) is 27.7. The number of rotatable bonds is 13. The van der Waals surface area contributed by atoms with E-state index in [-0.39, 0.29) is 35.7 Å². The molecule has 0 aliphatic carbocycles. The number of thiol groups is 2. The molecule has 5 rings (SSSR count). The molecule has 0 spiro atoms. The van der Waals surface area contributed by atoms with Gasteiger partial charge in [-0.1, -0.05) is 30.6 Å². The van der Waals surface area contributed by atoms with Crippen LogP contribution in [0.4, 0.5) is 16.0 Å². The Labute approximate surface area is 271 Å². The SMILES string of the molecule is C=C[C@@H]1C[C@@H](COP(=O)(S)O[C@@H]2C(CO[P@](=O)(O)S)O[C@@H](n3cnc(/C(N)=N\C)c3N=C)[C@@H]2F)O[C@H]1n1cnc2c(N)ncnc21. The molecule has 2 unspecified atom stereocenters. The normalized spacial score (nSPS) is 29.5. The van der Waals surface area contributed by atoms with Crippen molar-refractivity contribution >= 4 is 73.4 Å². The number of fused-ring (bicyclic) bond motifs is 1. The van der Waals surface area contributed by atoms with E-state index in [1.54, 1.807) is 10.6 Å². The van der Waals surface area contributed by atoms with Crippen molar-refractivity contribution in [2.24, 2.45) is 21.6 Å². The van der Waals surface area contributed by atoms with E-state index in [0.29, 0.717) is 17.6 Å². The number of hydrogen-bond donors (Lipinski definition) is 5. The number of nitrogens with zero attached hydrogens (tertiary/aromatic N) is 8. The van der Waals surface area contributed by atoms with Gasteiger partial charge in [-0.25, -0.2) is 38.4 Å². The van der Waals surface area contributed by atoms with Gasteiger partial charge in [0, 0.05) is 13.0 Å². The number of imidazole rings is 2. The highest BCUT2D eigenvalue weighted by atomic mass is 32.7. The maximum Gasteiger partial charge on any atom is 0.386 e. The van der Waals surface area contributed by atoms with Gasteiger partial charge in [0.2, 0.25) is 0 Å². The summed E-state index contributed by atoms with van der Waals surface area (Å²) >= 11 is 7.53. The van der Waals surface area contributed by atoms with Crippen LogP contribution in [-0.4, -0.2) is 91.3 Å². The Bertz CT molecular complexity index is 1740. The van der Waals surface area contributed by atoms with Crippen molar-refractivity contribution in [1.82, 2.24) is 29.1 Å². The lowest BCUT2D eigenvalue weighted by Gasteiger charge is -2.24. The molecule has 18 nitrogen and oxygen atoms in total. The number of aromatic nitrogens is 6. The van der Waals surface area contributed by atoms with Crippen molar-refractivity contribution in [3.63, 3.8) is 0 Å². The molecular weight excluding hydrogens is 689 g/mol. The Morgan fingerprint density at radius 1 is 1.20 bits per heavy atom. The molecule has 46 heavy (non-hydrogen) atoms. The highest BCUT2D eigenvalue weighted by Gasteiger charge is 2.51. The van der Waals surface area contributed by atoms with E-state index < -0.39 is 57.1 Å². The minimum atomic E-state index is -4.33. The van der Waals surface area contributed by atoms with Crippen LogP contribution in [0.5, 0.6) is 0 Å².